The second-order valence-electron chi connectivity index (χ2n) is 5.16. The summed E-state index contributed by atoms with van der Waals surface area (Å²) < 4.78 is 13.5. The van der Waals surface area contributed by atoms with Crippen LogP contribution in [0.25, 0.3) is 33.8 Å². The third kappa shape index (κ3) is 2.65. The lowest BCUT2D eigenvalue weighted by Crippen LogP contribution is -1.79. The highest BCUT2D eigenvalue weighted by molar-refractivity contribution is 6.42. The minimum absolute atomic E-state index is 0.0293. The molecular weight excluding hydrogens is 374 g/mol. The fraction of sp³-hybridized carbons (Fsp3) is 0. The monoisotopic (exact) mass is 380 g/mol. The SMILES string of the molecule is Fc1cc2[nH]c(-c3cc(-c4ccc(Cl)c(Cl)c4)n[nH]3)nc2cc1Cl. The molecule has 0 unspecified atom stereocenters. The van der Waals surface area contributed by atoms with Gasteiger partial charge in [0.25, 0.3) is 0 Å². The summed E-state index contributed by atoms with van der Waals surface area (Å²) >= 11 is 17.7. The van der Waals surface area contributed by atoms with E-state index in [1.807, 2.05) is 12.1 Å². The van der Waals surface area contributed by atoms with Crippen molar-refractivity contribution in [2.75, 3.05) is 0 Å². The van der Waals surface area contributed by atoms with E-state index < -0.39 is 5.82 Å². The van der Waals surface area contributed by atoms with Crippen molar-refractivity contribution in [3.63, 3.8) is 0 Å². The fourth-order valence-electron chi connectivity index (χ4n) is 2.38. The van der Waals surface area contributed by atoms with Gasteiger partial charge in [0.2, 0.25) is 0 Å². The zero-order valence-electron chi connectivity index (χ0n) is 11.9. The Labute approximate surface area is 150 Å². The van der Waals surface area contributed by atoms with E-state index in [1.165, 1.54) is 12.1 Å². The lowest BCUT2D eigenvalue weighted by Gasteiger charge is -1.98. The maximum absolute atomic E-state index is 13.5. The molecule has 0 spiro atoms. The fourth-order valence-corrected chi connectivity index (χ4v) is 2.83. The predicted octanol–water partition coefficient (Wildman–Crippen LogP) is 5.72. The number of fused-ring (bicyclic) bond motifs is 1. The molecule has 2 N–H and O–H groups in total. The summed E-state index contributed by atoms with van der Waals surface area (Å²) in [6, 6.07) is 9.86. The summed E-state index contributed by atoms with van der Waals surface area (Å²) in [5.74, 6) is 0.0333. The van der Waals surface area contributed by atoms with Gasteiger partial charge in [0.15, 0.2) is 5.82 Å². The maximum Gasteiger partial charge on any atom is 0.156 e. The van der Waals surface area contributed by atoms with Gasteiger partial charge in [-0.2, -0.15) is 5.10 Å². The van der Waals surface area contributed by atoms with Crippen LogP contribution in [0.3, 0.4) is 0 Å². The van der Waals surface area contributed by atoms with Crippen molar-refractivity contribution in [1.82, 2.24) is 20.2 Å². The minimum Gasteiger partial charge on any atom is -0.337 e. The first-order chi connectivity index (χ1) is 11.5. The quantitative estimate of drug-likeness (QED) is 0.466. The maximum atomic E-state index is 13.5. The molecule has 0 saturated carbocycles. The Balaban J connectivity index is 1.75. The molecule has 24 heavy (non-hydrogen) atoms. The van der Waals surface area contributed by atoms with Gasteiger partial charge in [-0.05, 0) is 24.3 Å². The summed E-state index contributed by atoms with van der Waals surface area (Å²) in [6.07, 6.45) is 0. The molecule has 0 bridgehead atoms. The van der Waals surface area contributed by atoms with Crippen molar-refractivity contribution < 1.29 is 4.39 Å². The van der Waals surface area contributed by atoms with E-state index in [2.05, 4.69) is 20.2 Å². The molecule has 0 saturated heterocycles. The van der Waals surface area contributed by atoms with Gasteiger partial charge in [-0.25, -0.2) is 9.37 Å². The Hall–Kier alpha value is -2.08. The molecule has 0 aliphatic carbocycles. The van der Waals surface area contributed by atoms with E-state index in [0.29, 0.717) is 38.3 Å². The van der Waals surface area contributed by atoms with Crippen molar-refractivity contribution in [3.8, 4) is 22.8 Å². The first-order valence-electron chi connectivity index (χ1n) is 6.87. The van der Waals surface area contributed by atoms with Crippen LogP contribution < -0.4 is 0 Å². The number of imidazole rings is 1. The van der Waals surface area contributed by atoms with E-state index in [1.54, 1.807) is 12.1 Å². The van der Waals surface area contributed by atoms with E-state index in [4.69, 9.17) is 34.8 Å². The van der Waals surface area contributed by atoms with Gasteiger partial charge < -0.3 is 4.98 Å². The molecule has 4 nitrogen and oxygen atoms in total. The number of nitrogens with one attached hydrogen (secondary N) is 2. The summed E-state index contributed by atoms with van der Waals surface area (Å²) in [5.41, 5.74) is 3.29. The van der Waals surface area contributed by atoms with Crippen LogP contribution in [0.5, 0.6) is 0 Å². The van der Waals surface area contributed by atoms with Gasteiger partial charge in [0.1, 0.15) is 11.5 Å². The zero-order chi connectivity index (χ0) is 16.8. The topological polar surface area (TPSA) is 57.4 Å². The van der Waals surface area contributed by atoms with Gasteiger partial charge in [0.05, 0.1) is 31.8 Å². The molecule has 2 heterocycles. The van der Waals surface area contributed by atoms with Crippen LogP contribution in [0, 0.1) is 5.82 Å². The van der Waals surface area contributed by atoms with Crippen LogP contribution in [0.4, 0.5) is 4.39 Å². The average molecular weight is 382 g/mol. The first kappa shape index (κ1) is 15.4. The van der Waals surface area contributed by atoms with Gasteiger partial charge >= 0.3 is 0 Å². The van der Waals surface area contributed by atoms with Gasteiger partial charge in [-0.3, -0.25) is 5.10 Å². The smallest absolute Gasteiger partial charge is 0.156 e. The number of hydrogen-bond donors (Lipinski definition) is 2. The molecular formula is C16H8Cl3FN4. The molecule has 8 heteroatoms. The molecule has 4 aromatic rings. The van der Waals surface area contributed by atoms with Crippen LogP contribution in [-0.2, 0) is 0 Å². The number of H-pyrrole nitrogens is 2. The van der Waals surface area contributed by atoms with E-state index in [0.717, 1.165) is 5.56 Å². The van der Waals surface area contributed by atoms with E-state index >= 15 is 0 Å². The third-order valence-electron chi connectivity index (χ3n) is 3.57. The van der Waals surface area contributed by atoms with Crippen molar-refractivity contribution in [3.05, 3.63) is 57.3 Å². The average Bonchev–Trinajstić information content (AvgIpc) is 3.17. The zero-order valence-corrected chi connectivity index (χ0v) is 14.1. The van der Waals surface area contributed by atoms with Gasteiger partial charge in [-0.1, -0.05) is 40.9 Å². The Bertz CT molecular complexity index is 1030. The van der Waals surface area contributed by atoms with Gasteiger partial charge in [0, 0.05) is 11.6 Å². The van der Waals surface area contributed by atoms with Crippen LogP contribution in [0.1, 0.15) is 0 Å². The highest BCUT2D eigenvalue weighted by Crippen LogP contribution is 2.30. The molecule has 0 radical (unpaired) electrons. The van der Waals surface area contributed by atoms with E-state index in [-0.39, 0.29) is 5.02 Å². The minimum atomic E-state index is -0.500. The lowest BCUT2D eigenvalue weighted by molar-refractivity contribution is 0.630. The van der Waals surface area contributed by atoms with Crippen molar-refractivity contribution in [2.45, 2.75) is 0 Å². The molecule has 0 aliphatic rings. The van der Waals surface area contributed by atoms with Crippen LogP contribution >= 0.6 is 34.8 Å². The van der Waals surface area contributed by atoms with Crippen LogP contribution in [0.15, 0.2) is 36.4 Å². The normalized spacial score (nSPS) is 11.3. The highest BCUT2D eigenvalue weighted by atomic mass is 35.5. The molecule has 0 atom stereocenters. The first-order valence-corrected chi connectivity index (χ1v) is 8.00. The summed E-state index contributed by atoms with van der Waals surface area (Å²) in [6.45, 7) is 0. The molecule has 120 valence electrons. The van der Waals surface area contributed by atoms with Gasteiger partial charge in [-0.15, -0.1) is 0 Å². The number of rotatable bonds is 2. The number of aromatic amines is 2. The Kier molecular flexibility index (Phi) is 3.72. The molecule has 0 fully saturated rings. The molecule has 2 aromatic carbocycles. The third-order valence-corrected chi connectivity index (χ3v) is 4.60. The Morgan fingerprint density at radius 3 is 2.54 bits per heavy atom. The second-order valence-corrected chi connectivity index (χ2v) is 6.39. The molecule has 4 rings (SSSR count). The largest absolute Gasteiger partial charge is 0.337 e. The lowest BCUT2D eigenvalue weighted by atomic mass is 10.1. The summed E-state index contributed by atoms with van der Waals surface area (Å²) in [7, 11) is 0. The number of halogens is 4. The predicted molar refractivity (Wildman–Crippen MR) is 94.1 cm³/mol. The highest BCUT2D eigenvalue weighted by Gasteiger charge is 2.12. The number of aromatic nitrogens is 4. The summed E-state index contributed by atoms with van der Waals surface area (Å²) in [5, 5.41) is 8.11. The van der Waals surface area contributed by atoms with Crippen molar-refractivity contribution >= 4 is 45.8 Å². The second kappa shape index (κ2) is 5.77. The van der Waals surface area contributed by atoms with Crippen molar-refractivity contribution in [2.24, 2.45) is 0 Å². The van der Waals surface area contributed by atoms with Crippen LogP contribution in [-0.4, -0.2) is 20.2 Å². The van der Waals surface area contributed by atoms with Crippen LogP contribution in [0.2, 0.25) is 15.1 Å². The molecule has 2 aromatic heterocycles. The Morgan fingerprint density at radius 2 is 1.75 bits per heavy atom. The molecule has 0 aliphatic heterocycles. The molecule has 0 amide bonds. The standard InChI is InChI=1S/C16H8Cl3FN4/c17-8-2-1-7(3-9(8)18)12-6-15(24-23-12)16-21-13-4-10(19)11(20)5-14(13)22-16/h1-6H,(H,21,22)(H,23,24). The van der Waals surface area contributed by atoms with Crippen molar-refractivity contribution in [1.29, 1.82) is 0 Å². The van der Waals surface area contributed by atoms with E-state index in [9.17, 15) is 4.39 Å². The summed E-state index contributed by atoms with van der Waals surface area (Å²) in [4.78, 5) is 7.44. The Morgan fingerprint density at radius 1 is 0.917 bits per heavy atom. The number of nitrogens with zero attached hydrogens (tertiary/aromatic N) is 2. The number of benzene rings is 2. The number of hydrogen-bond acceptors (Lipinski definition) is 2.